The van der Waals surface area contributed by atoms with E-state index < -0.39 is 17.1 Å². The predicted molar refractivity (Wildman–Crippen MR) is 173 cm³/mol. The molecule has 45 heavy (non-hydrogen) atoms. The minimum atomic E-state index is -0.579. The van der Waals surface area contributed by atoms with Gasteiger partial charge in [-0.2, -0.15) is 0 Å². The van der Waals surface area contributed by atoms with Crippen molar-refractivity contribution in [2.75, 3.05) is 32.0 Å². The first kappa shape index (κ1) is 32.7. The SMILES string of the molecule is CCC(Sc1cccc(NC(=O)/C(=C\c2cc(OC)c(OC)cc2OC)NC(=O)c2ccccc2)c1)C(=O)Nc1cc(C)on1. The minimum Gasteiger partial charge on any atom is -0.496 e. The van der Waals surface area contributed by atoms with E-state index in [1.165, 1.54) is 39.2 Å². The molecule has 3 amide bonds. The normalized spacial score (nSPS) is 11.7. The molecule has 0 aliphatic carbocycles. The number of ether oxygens (including phenoxy) is 3. The fourth-order valence-corrected chi connectivity index (χ4v) is 5.24. The number of benzene rings is 3. The molecule has 1 heterocycles. The third-order valence-electron chi connectivity index (χ3n) is 6.48. The number of thioether (sulfide) groups is 1. The quantitative estimate of drug-likeness (QED) is 0.121. The van der Waals surface area contributed by atoms with Gasteiger partial charge in [-0.25, -0.2) is 0 Å². The highest BCUT2D eigenvalue weighted by Crippen LogP contribution is 2.36. The number of carbonyl (C=O) groups is 3. The predicted octanol–water partition coefficient (Wildman–Crippen LogP) is 5.93. The largest absolute Gasteiger partial charge is 0.496 e. The second kappa shape index (κ2) is 15.5. The van der Waals surface area contributed by atoms with Gasteiger partial charge in [0.05, 0.1) is 26.6 Å². The maximum Gasteiger partial charge on any atom is 0.272 e. The fraction of sp³-hybridized carbons (Fsp3) is 0.212. The average molecular weight is 631 g/mol. The number of anilines is 2. The van der Waals surface area contributed by atoms with Crippen LogP contribution in [0.3, 0.4) is 0 Å². The van der Waals surface area contributed by atoms with Gasteiger partial charge in [-0.3, -0.25) is 14.4 Å². The number of nitrogens with one attached hydrogen (secondary N) is 3. The molecule has 0 fully saturated rings. The Labute approximate surface area is 265 Å². The number of amides is 3. The number of hydrogen-bond acceptors (Lipinski definition) is 9. The van der Waals surface area contributed by atoms with Crippen LogP contribution in [0, 0.1) is 6.92 Å². The second-order valence-electron chi connectivity index (χ2n) is 9.64. The van der Waals surface area contributed by atoms with E-state index in [4.69, 9.17) is 18.7 Å². The number of methoxy groups -OCH3 is 3. The van der Waals surface area contributed by atoms with Crippen molar-refractivity contribution in [3.63, 3.8) is 0 Å². The van der Waals surface area contributed by atoms with E-state index in [1.807, 2.05) is 13.0 Å². The average Bonchev–Trinajstić information content (AvgIpc) is 3.47. The van der Waals surface area contributed by atoms with Crippen molar-refractivity contribution in [3.05, 3.63) is 95.4 Å². The molecule has 4 aromatic rings. The lowest BCUT2D eigenvalue weighted by atomic mass is 10.1. The summed E-state index contributed by atoms with van der Waals surface area (Å²) in [4.78, 5) is 40.5. The topological polar surface area (TPSA) is 141 Å². The summed E-state index contributed by atoms with van der Waals surface area (Å²) in [6.07, 6.45) is 2.05. The summed E-state index contributed by atoms with van der Waals surface area (Å²) in [5.74, 6) is 0.919. The highest BCUT2D eigenvalue weighted by Gasteiger charge is 2.21. The minimum absolute atomic E-state index is 0.0406. The van der Waals surface area contributed by atoms with Crippen LogP contribution in [0.15, 0.2) is 87.9 Å². The van der Waals surface area contributed by atoms with E-state index in [0.717, 1.165) is 4.90 Å². The van der Waals surface area contributed by atoms with Gasteiger partial charge >= 0.3 is 0 Å². The van der Waals surface area contributed by atoms with Gasteiger partial charge in [0.1, 0.15) is 17.2 Å². The molecule has 0 radical (unpaired) electrons. The number of rotatable bonds is 13. The van der Waals surface area contributed by atoms with Crippen molar-refractivity contribution in [2.24, 2.45) is 0 Å². The van der Waals surface area contributed by atoms with E-state index in [0.29, 0.717) is 52.1 Å². The summed E-state index contributed by atoms with van der Waals surface area (Å²) in [5, 5.41) is 11.7. The molecule has 1 atom stereocenters. The first-order valence-electron chi connectivity index (χ1n) is 13.9. The molecule has 0 aliphatic heterocycles. The van der Waals surface area contributed by atoms with Gasteiger partial charge in [0.15, 0.2) is 17.3 Å². The zero-order valence-corrected chi connectivity index (χ0v) is 26.3. The molecular weight excluding hydrogens is 596 g/mol. The van der Waals surface area contributed by atoms with Crippen LogP contribution in [0.1, 0.15) is 35.0 Å². The molecule has 0 aliphatic rings. The third-order valence-corrected chi connectivity index (χ3v) is 7.84. The molecule has 234 valence electrons. The van der Waals surface area contributed by atoms with Gasteiger partial charge in [-0.1, -0.05) is 36.3 Å². The van der Waals surface area contributed by atoms with Gasteiger partial charge in [0.25, 0.3) is 11.8 Å². The van der Waals surface area contributed by atoms with E-state index >= 15 is 0 Å². The molecular formula is C33H34N4O7S. The first-order valence-corrected chi connectivity index (χ1v) is 14.8. The number of carbonyl (C=O) groups excluding carboxylic acids is 3. The lowest BCUT2D eigenvalue weighted by Gasteiger charge is -2.16. The van der Waals surface area contributed by atoms with Crippen LogP contribution in [0.25, 0.3) is 6.08 Å². The Balaban J connectivity index is 1.59. The molecule has 3 N–H and O–H groups in total. The molecule has 0 bridgehead atoms. The van der Waals surface area contributed by atoms with Crippen LogP contribution in [-0.4, -0.2) is 49.5 Å². The second-order valence-corrected chi connectivity index (χ2v) is 10.9. The fourth-order valence-electron chi connectivity index (χ4n) is 4.23. The maximum absolute atomic E-state index is 13.7. The molecule has 3 aromatic carbocycles. The molecule has 0 spiro atoms. The zero-order chi connectivity index (χ0) is 32.3. The number of nitrogens with zero attached hydrogens (tertiary/aromatic N) is 1. The highest BCUT2D eigenvalue weighted by molar-refractivity contribution is 8.00. The molecule has 12 heteroatoms. The van der Waals surface area contributed by atoms with Gasteiger partial charge in [-0.15, -0.1) is 11.8 Å². The van der Waals surface area contributed by atoms with Gasteiger partial charge in [-0.05, 0) is 55.8 Å². The summed E-state index contributed by atoms with van der Waals surface area (Å²) >= 11 is 1.35. The van der Waals surface area contributed by atoms with Crippen molar-refractivity contribution in [1.82, 2.24) is 10.5 Å². The molecule has 0 saturated heterocycles. The molecule has 1 unspecified atom stereocenters. The summed E-state index contributed by atoms with van der Waals surface area (Å²) in [7, 11) is 4.49. The Morgan fingerprint density at radius 1 is 0.889 bits per heavy atom. The van der Waals surface area contributed by atoms with Crippen molar-refractivity contribution in [3.8, 4) is 17.2 Å². The van der Waals surface area contributed by atoms with E-state index in [9.17, 15) is 14.4 Å². The van der Waals surface area contributed by atoms with Crippen LogP contribution in [0.4, 0.5) is 11.5 Å². The van der Waals surface area contributed by atoms with Crippen LogP contribution < -0.4 is 30.2 Å². The summed E-state index contributed by atoms with van der Waals surface area (Å²) in [6, 6.07) is 20.6. The molecule has 4 rings (SSSR count). The van der Waals surface area contributed by atoms with Crippen LogP contribution in [-0.2, 0) is 9.59 Å². The highest BCUT2D eigenvalue weighted by atomic mass is 32.2. The zero-order valence-electron chi connectivity index (χ0n) is 25.5. The summed E-state index contributed by atoms with van der Waals surface area (Å²) < 4.78 is 21.4. The maximum atomic E-state index is 13.7. The summed E-state index contributed by atoms with van der Waals surface area (Å²) in [6.45, 7) is 3.65. The lowest BCUT2D eigenvalue weighted by Crippen LogP contribution is -2.30. The Hall–Kier alpha value is -5.23. The number of aryl methyl sites for hydroxylation is 1. The summed E-state index contributed by atoms with van der Waals surface area (Å²) in [5.41, 5.74) is 1.27. The van der Waals surface area contributed by atoms with Crippen molar-refractivity contribution < 1.29 is 33.1 Å². The molecule has 11 nitrogen and oxygen atoms in total. The number of aromatic nitrogens is 1. The Morgan fingerprint density at radius 3 is 2.24 bits per heavy atom. The Morgan fingerprint density at radius 2 is 1.60 bits per heavy atom. The van der Waals surface area contributed by atoms with E-state index in [-0.39, 0.29) is 11.6 Å². The molecule has 1 aromatic heterocycles. The van der Waals surface area contributed by atoms with Crippen molar-refractivity contribution in [1.29, 1.82) is 0 Å². The van der Waals surface area contributed by atoms with Crippen molar-refractivity contribution in [2.45, 2.75) is 30.4 Å². The lowest BCUT2D eigenvalue weighted by molar-refractivity contribution is -0.116. The number of hydrogen-bond donors (Lipinski definition) is 3. The van der Waals surface area contributed by atoms with Crippen LogP contribution in [0.2, 0.25) is 0 Å². The van der Waals surface area contributed by atoms with E-state index in [2.05, 4.69) is 21.1 Å². The first-order chi connectivity index (χ1) is 21.7. The monoisotopic (exact) mass is 630 g/mol. The smallest absolute Gasteiger partial charge is 0.272 e. The Bertz CT molecular complexity index is 1690. The van der Waals surface area contributed by atoms with Gasteiger partial charge < -0.3 is 34.7 Å². The van der Waals surface area contributed by atoms with Gasteiger partial charge in [0.2, 0.25) is 5.91 Å². The van der Waals surface area contributed by atoms with Crippen LogP contribution >= 0.6 is 11.8 Å². The Kier molecular flexibility index (Phi) is 11.2. The van der Waals surface area contributed by atoms with Crippen LogP contribution in [0.5, 0.6) is 17.2 Å². The van der Waals surface area contributed by atoms with Gasteiger partial charge in [0, 0.05) is 33.8 Å². The molecule has 0 saturated carbocycles. The standard InChI is InChI=1S/C33H34N4O7S/c1-6-29(33(40)36-30-15-20(2)44-37-30)45-24-14-10-13-23(18-24)34-32(39)25(35-31(38)21-11-8-7-9-12-21)16-22-17-27(42-4)28(43-5)19-26(22)41-3/h7-19,29H,6H2,1-5H3,(H,34,39)(H,35,38)(H,36,37,40)/b25-16+. The van der Waals surface area contributed by atoms with Crippen molar-refractivity contribution >= 4 is 47.1 Å². The third kappa shape index (κ3) is 8.67. The van der Waals surface area contributed by atoms with E-state index in [1.54, 1.807) is 73.7 Å².